The minimum absolute atomic E-state index is 0.482. The van der Waals surface area contributed by atoms with Gasteiger partial charge in [-0.2, -0.15) is 0 Å². The summed E-state index contributed by atoms with van der Waals surface area (Å²) in [5, 5.41) is 4.59. The van der Waals surface area contributed by atoms with Crippen LogP contribution in [0.5, 0.6) is 5.75 Å². The highest BCUT2D eigenvalue weighted by molar-refractivity contribution is 6.30. The highest BCUT2D eigenvalue weighted by Gasteiger charge is 2.40. The second-order valence-corrected chi connectivity index (χ2v) is 6.76. The van der Waals surface area contributed by atoms with Crippen LogP contribution in [0, 0.1) is 0 Å². The monoisotopic (exact) mass is 313 g/mol. The zero-order chi connectivity index (χ0) is 15.1. The molecule has 1 fully saturated rings. The molecule has 1 aliphatic heterocycles. The van der Waals surface area contributed by atoms with E-state index in [2.05, 4.69) is 41.7 Å². The minimum atomic E-state index is 0.482. The topological polar surface area (TPSA) is 21.3 Å². The summed E-state index contributed by atoms with van der Waals surface area (Å²) < 4.78 is 5.28. The smallest absolute Gasteiger partial charge is 0.118 e. The molecule has 22 heavy (non-hydrogen) atoms. The van der Waals surface area contributed by atoms with Gasteiger partial charge in [0.1, 0.15) is 5.75 Å². The van der Waals surface area contributed by atoms with Gasteiger partial charge in [-0.1, -0.05) is 30.2 Å². The van der Waals surface area contributed by atoms with Gasteiger partial charge in [0.2, 0.25) is 0 Å². The fourth-order valence-corrected chi connectivity index (χ4v) is 4.30. The van der Waals surface area contributed by atoms with Gasteiger partial charge < -0.3 is 10.1 Å². The quantitative estimate of drug-likeness (QED) is 0.823. The van der Waals surface area contributed by atoms with E-state index in [1.54, 1.807) is 7.11 Å². The van der Waals surface area contributed by atoms with Crippen LogP contribution >= 0.6 is 11.6 Å². The predicted molar refractivity (Wildman–Crippen MR) is 91.2 cm³/mol. The van der Waals surface area contributed by atoms with Crippen molar-refractivity contribution in [2.75, 3.05) is 12.4 Å². The molecule has 2 aromatic carbocycles. The first-order chi connectivity index (χ1) is 10.8. The van der Waals surface area contributed by atoms with Crippen LogP contribution in [-0.4, -0.2) is 13.2 Å². The van der Waals surface area contributed by atoms with Crippen molar-refractivity contribution < 1.29 is 4.74 Å². The second kappa shape index (κ2) is 5.51. The minimum Gasteiger partial charge on any atom is -0.497 e. The number of anilines is 1. The Bertz CT molecular complexity index is 682. The van der Waals surface area contributed by atoms with Crippen molar-refractivity contribution >= 4 is 17.3 Å². The lowest BCUT2D eigenvalue weighted by Gasteiger charge is -2.34. The van der Waals surface area contributed by atoms with Crippen LogP contribution in [0.3, 0.4) is 0 Å². The largest absolute Gasteiger partial charge is 0.497 e. The van der Waals surface area contributed by atoms with Crippen molar-refractivity contribution in [3.05, 3.63) is 58.6 Å². The van der Waals surface area contributed by atoms with Crippen molar-refractivity contribution in [3.63, 3.8) is 0 Å². The van der Waals surface area contributed by atoms with Crippen LogP contribution in [0.2, 0.25) is 5.02 Å². The number of nitrogens with one attached hydrogen (secondary N) is 1. The summed E-state index contributed by atoms with van der Waals surface area (Å²) in [4.78, 5) is 0. The molecule has 1 aliphatic carbocycles. The highest BCUT2D eigenvalue weighted by atomic mass is 35.5. The lowest BCUT2D eigenvalue weighted by Crippen LogP contribution is -2.32. The van der Waals surface area contributed by atoms with Gasteiger partial charge in [-0.05, 0) is 54.3 Å². The van der Waals surface area contributed by atoms with Crippen molar-refractivity contribution in [1.29, 1.82) is 0 Å². The van der Waals surface area contributed by atoms with E-state index in [9.17, 15) is 0 Å². The summed E-state index contributed by atoms with van der Waals surface area (Å²) in [6.45, 7) is 0. The Morgan fingerprint density at radius 1 is 1.05 bits per heavy atom. The Labute approximate surface area is 136 Å². The van der Waals surface area contributed by atoms with Gasteiger partial charge in [0.15, 0.2) is 0 Å². The molecule has 0 saturated heterocycles. The van der Waals surface area contributed by atoms with E-state index in [0.29, 0.717) is 17.9 Å². The molecule has 1 N–H and O–H groups in total. The number of ether oxygens (including phenoxy) is 1. The Morgan fingerprint density at radius 2 is 1.82 bits per heavy atom. The van der Waals surface area contributed by atoms with Crippen molar-refractivity contribution in [3.8, 4) is 5.75 Å². The fraction of sp³-hybridized carbons (Fsp3) is 0.368. The molecule has 0 amide bonds. The maximum Gasteiger partial charge on any atom is 0.118 e. The van der Waals surface area contributed by atoms with E-state index in [0.717, 1.165) is 10.8 Å². The number of methoxy groups -OCH3 is 1. The molecule has 1 saturated carbocycles. The lowest BCUT2D eigenvalue weighted by molar-refractivity contribution is 0.371. The van der Waals surface area contributed by atoms with Crippen LogP contribution in [-0.2, 0) is 0 Å². The molecule has 0 aromatic heterocycles. The van der Waals surface area contributed by atoms with Gasteiger partial charge in [-0.15, -0.1) is 0 Å². The fourth-order valence-electron chi connectivity index (χ4n) is 4.12. The Kier molecular flexibility index (Phi) is 3.50. The molecule has 2 unspecified atom stereocenters. The SMILES string of the molecule is COc1ccc([C@@H]2CCCC3c4cc(Cl)ccc4NC32)cc1. The number of hydrogen-bond acceptors (Lipinski definition) is 2. The van der Waals surface area contributed by atoms with Crippen LogP contribution in [0.1, 0.15) is 42.2 Å². The second-order valence-electron chi connectivity index (χ2n) is 6.32. The lowest BCUT2D eigenvalue weighted by atomic mass is 9.73. The van der Waals surface area contributed by atoms with E-state index in [1.807, 2.05) is 6.07 Å². The Hall–Kier alpha value is -1.67. The van der Waals surface area contributed by atoms with Gasteiger partial charge in [0.25, 0.3) is 0 Å². The molecule has 2 nitrogen and oxygen atoms in total. The third-order valence-electron chi connectivity index (χ3n) is 5.18. The molecule has 3 atom stereocenters. The summed E-state index contributed by atoms with van der Waals surface area (Å²) >= 11 is 6.20. The summed E-state index contributed by atoms with van der Waals surface area (Å²) in [7, 11) is 1.71. The van der Waals surface area contributed by atoms with Crippen molar-refractivity contribution in [2.24, 2.45) is 0 Å². The first kappa shape index (κ1) is 14.0. The number of hydrogen-bond donors (Lipinski definition) is 1. The third kappa shape index (κ3) is 2.26. The molecule has 2 aromatic rings. The van der Waals surface area contributed by atoms with E-state index < -0.39 is 0 Å². The number of benzene rings is 2. The Balaban J connectivity index is 1.66. The first-order valence-corrected chi connectivity index (χ1v) is 8.34. The summed E-state index contributed by atoms with van der Waals surface area (Å²) in [6, 6.07) is 15.3. The van der Waals surface area contributed by atoms with Gasteiger partial charge in [-0.3, -0.25) is 0 Å². The van der Waals surface area contributed by atoms with E-state index in [4.69, 9.17) is 16.3 Å². The van der Waals surface area contributed by atoms with Crippen LogP contribution in [0.15, 0.2) is 42.5 Å². The summed E-state index contributed by atoms with van der Waals surface area (Å²) in [5.41, 5.74) is 4.07. The third-order valence-corrected chi connectivity index (χ3v) is 5.41. The highest BCUT2D eigenvalue weighted by Crippen LogP contribution is 2.49. The molecule has 1 heterocycles. The molecular weight excluding hydrogens is 294 g/mol. The van der Waals surface area contributed by atoms with Crippen LogP contribution in [0.25, 0.3) is 0 Å². The number of rotatable bonds is 2. The predicted octanol–water partition coefficient (Wildman–Crippen LogP) is 5.19. The molecule has 0 bridgehead atoms. The standard InChI is InChI=1S/C19H20ClNO/c1-22-14-8-5-12(6-9-14)15-3-2-4-16-17-11-13(20)7-10-18(17)21-19(15)16/h5-11,15-16,19,21H,2-4H2,1H3/t15-,16?,19?/m0/s1. The number of halogens is 1. The zero-order valence-electron chi connectivity index (χ0n) is 12.7. The summed E-state index contributed by atoms with van der Waals surface area (Å²) in [5.74, 6) is 2.05. The average Bonchev–Trinajstić information content (AvgIpc) is 2.93. The molecule has 4 rings (SSSR count). The van der Waals surface area contributed by atoms with Gasteiger partial charge in [-0.25, -0.2) is 0 Å². The molecule has 3 heteroatoms. The molecule has 0 radical (unpaired) electrons. The molecule has 0 spiro atoms. The average molecular weight is 314 g/mol. The van der Waals surface area contributed by atoms with Crippen molar-refractivity contribution in [2.45, 2.75) is 37.1 Å². The number of fused-ring (bicyclic) bond motifs is 3. The Morgan fingerprint density at radius 3 is 2.59 bits per heavy atom. The van der Waals surface area contributed by atoms with E-state index in [-0.39, 0.29) is 0 Å². The van der Waals surface area contributed by atoms with Crippen LogP contribution in [0.4, 0.5) is 5.69 Å². The first-order valence-electron chi connectivity index (χ1n) is 7.96. The van der Waals surface area contributed by atoms with Gasteiger partial charge >= 0.3 is 0 Å². The maximum atomic E-state index is 6.20. The molecule has 2 aliphatic rings. The van der Waals surface area contributed by atoms with Crippen molar-refractivity contribution in [1.82, 2.24) is 0 Å². The molecular formula is C19H20ClNO. The summed E-state index contributed by atoms with van der Waals surface area (Å²) in [6.07, 6.45) is 3.76. The maximum absolute atomic E-state index is 6.20. The van der Waals surface area contributed by atoms with Gasteiger partial charge in [0, 0.05) is 28.6 Å². The van der Waals surface area contributed by atoms with Crippen LogP contribution < -0.4 is 10.1 Å². The van der Waals surface area contributed by atoms with E-state index >= 15 is 0 Å². The van der Waals surface area contributed by atoms with Gasteiger partial charge in [0.05, 0.1) is 7.11 Å². The molecule has 114 valence electrons. The van der Waals surface area contributed by atoms with E-state index in [1.165, 1.54) is 36.1 Å². The normalized spacial score (nSPS) is 26.0. The zero-order valence-corrected chi connectivity index (χ0v) is 13.4.